The monoisotopic (exact) mass is 1600 g/mol. The van der Waals surface area contributed by atoms with Crippen LogP contribution >= 0.6 is 0 Å². The van der Waals surface area contributed by atoms with Gasteiger partial charge in [0.2, 0.25) is 76.8 Å². The third kappa shape index (κ3) is 35.1. The Hall–Kier alpha value is -10.2. The van der Waals surface area contributed by atoms with Gasteiger partial charge in [-0.05, 0) is 132 Å². The van der Waals surface area contributed by atoms with Crippen molar-refractivity contribution in [2.75, 3.05) is 39.4 Å². The predicted octanol–water partition coefficient (Wildman–Crippen LogP) is -1.05. The lowest BCUT2D eigenvalue weighted by molar-refractivity contribution is -0.142. The number of aromatic amines is 1. The van der Waals surface area contributed by atoms with Crippen molar-refractivity contribution >= 4 is 99.6 Å². The van der Waals surface area contributed by atoms with Gasteiger partial charge >= 0.3 is 11.9 Å². The number of carboxylic acids is 2. The highest BCUT2D eigenvalue weighted by Crippen LogP contribution is 2.21. The van der Waals surface area contributed by atoms with Gasteiger partial charge in [0.25, 0.3) is 0 Å². The van der Waals surface area contributed by atoms with Gasteiger partial charge in [0.15, 0.2) is 0 Å². The number of unbranched alkanes of at least 4 members (excludes halogenated alkanes) is 7. The lowest BCUT2D eigenvalue weighted by Gasteiger charge is -2.30. The minimum atomic E-state index is -1.85. The predicted molar refractivity (Wildman–Crippen MR) is 424 cm³/mol. The zero-order valence-electron chi connectivity index (χ0n) is 67.0. The number of nitrogens with one attached hydrogen (secondary N) is 14. The summed E-state index contributed by atoms with van der Waals surface area (Å²) in [6.07, 6.45) is 6.82. The largest absolute Gasteiger partial charge is 0.481 e. The van der Waals surface area contributed by atoms with Crippen LogP contribution in [0.4, 0.5) is 0 Å². The van der Waals surface area contributed by atoms with Gasteiger partial charge in [0.05, 0.1) is 19.8 Å². The van der Waals surface area contributed by atoms with Crippen molar-refractivity contribution in [2.45, 2.75) is 256 Å². The van der Waals surface area contributed by atoms with Crippen molar-refractivity contribution in [3.8, 4) is 0 Å². The average Bonchev–Trinajstić information content (AvgIpc) is 1.66. The number of rotatable bonds is 57. The van der Waals surface area contributed by atoms with E-state index in [9.17, 15) is 92.3 Å². The second-order valence-corrected chi connectivity index (χ2v) is 29.3. The number of aliphatic hydroxyl groups excluding tert-OH is 2. The molecule has 13 atom stereocenters. The highest BCUT2D eigenvalue weighted by Gasteiger charge is 2.38. The summed E-state index contributed by atoms with van der Waals surface area (Å²) >= 11 is 0. The number of benzene rings is 2. The Labute approximate surface area is 666 Å². The van der Waals surface area contributed by atoms with Crippen LogP contribution in [0.25, 0.3) is 10.9 Å². The Kier molecular flexibility index (Phi) is 45.6. The van der Waals surface area contributed by atoms with Gasteiger partial charge in [-0.3, -0.25) is 71.9 Å². The van der Waals surface area contributed by atoms with Crippen LogP contribution < -0.4 is 86.3 Å². The lowest BCUT2D eigenvalue weighted by atomic mass is 9.96. The van der Waals surface area contributed by atoms with E-state index in [1.165, 1.54) is 6.92 Å². The molecule has 0 aliphatic heterocycles. The van der Waals surface area contributed by atoms with Crippen LogP contribution in [0.5, 0.6) is 0 Å². The maximum absolute atomic E-state index is 14.8. The molecular formula is C78H125N17O19. The molecule has 0 saturated carbocycles. The molecule has 13 amide bonds. The minimum absolute atomic E-state index is 0.103. The summed E-state index contributed by atoms with van der Waals surface area (Å²) in [6, 6.07) is -2.40. The van der Waals surface area contributed by atoms with Crippen molar-refractivity contribution in [3.05, 3.63) is 71.9 Å². The molecule has 636 valence electrons. The van der Waals surface area contributed by atoms with E-state index in [0.717, 1.165) is 25.7 Å². The van der Waals surface area contributed by atoms with Gasteiger partial charge < -0.3 is 112 Å². The lowest BCUT2D eigenvalue weighted by Crippen LogP contribution is -2.62. The van der Waals surface area contributed by atoms with E-state index in [1.807, 2.05) is 0 Å². The van der Waals surface area contributed by atoms with Crippen molar-refractivity contribution in [2.24, 2.45) is 35.0 Å². The molecule has 0 aliphatic carbocycles. The number of H-pyrrole nitrogens is 1. The maximum atomic E-state index is 14.8. The number of aromatic nitrogens is 1. The number of fused-ring (bicyclic) bond motifs is 1. The molecule has 114 heavy (non-hydrogen) atoms. The van der Waals surface area contributed by atoms with E-state index in [-0.39, 0.29) is 82.8 Å². The van der Waals surface area contributed by atoms with Gasteiger partial charge in [-0.1, -0.05) is 129 Å². The molecule has 0 aliphatic rings. The number of hydrogen-bond acceptors (Lipinski definition) is 20. The van der Waals surface area contributed by atoms with Crippen LogP contribution in [-0.4, -0.2) is 226 Å². The molecule has 3 rings (SSSR count). The summed E-state index contributed by atoms with van der Waals surface area (Å²) in [6.45, 7) is 11.0. The van der Waals surface area contributed by atoms with Gasteiger partial charge in [0.1, 0.15) is 72.5 Å². The van der Waals surface area contributed by atoms with E-state index in [1.54, 1.807) is 102 Å². The molecule has 36 heteroatoms. The van der Waals surface area contributed by atoms with Crippen LogP contribution in [0.1, 0.15) is 182 Å². The number of amides is 13. The number of aliphatic hydroxyl groups is 2. The van der Waals surface area contributed by atoms with Crippen molar-refractivity contribution in [1.82, 2.24) is 74.1 Å². The molecular weight excluding hydrogens is 1480 g/mol. The number of carbonyl (C=O) groups excluding carboxylic acids is 13. The Bertz CT molecular complexity index is 3600. The molecule has 0 radical (unpaired) electrons. The quantitative estimate of drug-likeness (QED) is 0.0300. The summed E-state index contributed by atoms with van der Waals surface area (Å²) in [7, 11) is 0. The average molecular weight is 1600 g/mol. The first-order valence-corrected chi connectivity index (χ1v) is 39.5. The first kappa shape index (κ1) is 98.0. The van der Waals surface area contributed by atoms with Crippen molar-refractivity contribution in [3.63, 3.8) is 0 Å². The number of hydrogen-bond donors (Lipinski definition) is 21. The smallest absolute Gasteiger partial charge is 0.325 e. The molecule has 0 fully saturated rings. The maximum Gasteiger partial charge on any atom is 0.325 e. The summed E-state index contributed by atoms with van der Waals surface area (Å²) < 4.78 is 0. The van der Waals surface area contributed by atoms with Crippen molar-refractivity contribution in [1.29, 1.82) is 0 Å². The second-order valence-electron chi connectivity index (χ2n) is 29.3. The number of para-hydroxylation sites is 1. The minimum Gasteiger partial charge on any atom is -0.481 e. The third-order valence-corrected chi connectivity index (χ3v) is 19.3. The molecule has 36 nitrogen and oxygen atoms in total. The zero-order valence-corrected chi connectivity index (χ0v) is 67.0. The first-order valence-electron chi connectivity index (χ1n) is 39.5. The van der Waals surface area contributed by atoms with E-state index >= 15 is 0 Å². The number of carbonyl (C=O) groups is 15. The van der Waals surface area contributed by atoms with Crippen LogP contribution in [0.3, 0.4) is 0 Å². The Morgan fingerprint density at radius 3 is 1.32 bits per heavy atom. The number of carboxylic acid groups (broad SMARTS) is 2. The normalized spacial score (nSPS) is 14.7. The van der Waals surface area contributed by atoms with Crippen molar-refractivity contribution < 1.29 is 92.3 Å². The summed E-state index contributed by atoms with van der Waals surface area (Å²) in [5.41, 5.74) is 19.0. The SMILES string of the molecule is CCCCCCCC(=O)N[C@@H](C(=O)N[C@H](CCCCN)C(=O)NCC(=O)N[C@H](CO)C(=O)N[C@H](Cc1c[nH]c2ccccc12)C(=O)N[C@@H](CO)C(=O)N[C@@H](CCCCN)C(=O)N[C@H](CCCCN)C(=O)N[C@@H](Cc1ccccc1)C(=O)N[C@@H](CCC(=O)O)C(=O)N[C@H](C(=O)N[C@@H](C(=O)N[C@@H](C)C(=O)O)[C@@H](C)CC)C(C)C)C(C)C. The summed E-state index contributed by atoms with van der Waals surface area (Å²) in [5, 5.41) is 74.4. The molecule has 3 aromatic rings. The molecule has 0 spiro atoms. The highest BCUT2D eigenvalue weighted by molar-refractivity contribution is 6.00. The van der Waals surface area contributed by atoms with E-state index in [0.29, 0.717) is 60.6 Å². The Morgan fingerprint density at radius 1 is 0.395 bits per heavy atom. The zero-order chi connectivity index (χ0) is 85.0. The second kappa shape index (κ2) is 53.0. The molecule has 1 heterocycles. The number of aliphatic carboxylic acids is 2. The Morgan fingerprint density at radius 2 is 0.816 bits per heavy atom. The fourth-order valence-corrected chi connectivity index (χ4v) is 12.2. The molecule has 2 aromatic carbocycles. The van der Waals surface area contributed by atoms with Gasteiger partial charge in [-0.15, -0.1) is 0 Å². The number of nitrogens with two attached hydrogens (primary N) is 3. The van der Waals surface area contributed by atoms with Gasteiger partial charge in [-0.25, -0.2) is 0 Å². The van der Waals surface area contributed by atoms with E-state index in [2.05, 4.69) is 81.0 Å². The third-order valence-electron chi connectivity index (χ3n) is 19.3. The highest BCUT2D eigenvalue weighted by atomic mass is 16.4. The topological polar surface area (TPSA) is 587 Å². The van der Waals surface area contributed by atoms with Crippen LogP contribution in [-0.2, 0) is 84.8 Å². The fraction of sp³-hybridized carbons (Fsp3) is 0.628. The summed E-state index contributed by atoms with van der Waals surface area (Å²) in [5.74, 6) is -15.8. The van der Waals surface area contributed by atoms with Gasteiger partial charge in [-0.2, -0.15) is 0 Å². The van der Waals surface area contributed by atoms with E-state index in [4.69, 9.17) is 17.2 Å². The molecule has 1 aromatic heterocycles. The van der Waals surface area contributed by atoms with Gasteiger partial charge in [0, 0.05) is 42.8 Å². The first-order chi connectivity index (χ1) is 54.3. The standard InChI is InChI=1S/C78H125N17O19/c1-9-11-12-13-17-33-61(98)93-64(45(3)4)75(110)89-53(30-20-23-36-79)67(102)83-42-62(99)85-59(43-96)73(108)91-58(40-50-41-82-52-29-19-18-28-51(50)52)72(107)92-60(44-97)74(109)87-54(31-21-24-37-80)68(103)86-55(32-22-25-38-81)69(104)90-57(39-49-26-15-14-16-27-49)71(106)88-56(34-35-63(100)101)70(105)94-65(46(5)6)76(111)95-66(47(7)10-2)77(112)84-48(8)78(113)114/h14-16,18-19,26-29,41,45-48,53-60,64-66,82,96-97H,9-13,17,20-25,30-40,42-44,79-81H2,1-8H3,(H,83,102)(H,84,112)(H,85,99)(H,86,103)(H,87,109)(H,88,106)(H,89,110)(H,90,104)(H,91,108)(H,92,107)(H,93,98)(H,94,105)(H,95,111)(H,100,101)(H,113,114)/t47-,48-,53+,54-,55+,56-,57-,58+,59+,60-,64+,65-,66+/m0/s1. The van der Waals surface area contributed by atoms with Crippen LogP contribution in [0, 0.1) is 17.8 Å². The fourth-order valence-electron chi connectivity index (χ4n) is 12.2. The van der Waals surface area contributed by atoms with Crippen LogP contribution in [0.15, 0.2) is 60.8 Å². The molecule has 0 unspecified atom stereocenters. The molecule has 0 saturated heterocycles. The van der Waals surface area contributed by atoms with Crippen LogP contribution in [0.2, 0.25) is 0 Å². The molecule has 0 bridgehead atoms. The Balaban J connectivity index is 1.93. The molecule has 24 N–H and O–H groups in total. The summed E-state index contributed by atoms with van der Waals surface area (Å²) in [4.78, 5) is 210. The van der Waals surface area contributed by atoms with E-state index < -0.39 is 200 Å².